The standard InChI is InChI=1S/C19H19ClFNOS/c20-16-8-4-9-17(21)15(16)11-24-12-19(23)22-18-10-3-6-13-5-1-2-7-14(13)18/h1-2,4-5,7-9,18H,3,6,10-12H2,(H,22,23). The third-order valence-corrected chi connectivity index (χ3v) is 5.56. The average molecular weight is 364 g/mol. The molecule has 0 aliphatic heterocycles. The summed E-state index contributed by atoms with van der Waals surface area (Å²) in [4.78, 5) is 12.2. The molecule has 0 aromatic heterocycles. The molecule has 0 saturated carbocycles. The predicted molar refractivity (Wildman–Crippen MR) is 97.8 cm³/mol. The Morgan fingerprint density at radius 3 is 2.92 bits per heavy atom. The molecule has 2 aromatic carbocycles. The largest absolute Gasteiger partial charge is 0.349 e. The predicted octanol–water partition coefficient (Wildman–Crippen LogP) is 4.91. The van der Waals surface area contributed by atoms with Gasteiger partial charge in [0.05, 0.1) is 11.8 Å². The Morgan fingerprint density at radius 2 is 2.08 bits per heavy atom. The van der Waals surface area contributed by atoms with Gasteiger partial charge in [-0.2, -0.15) is 0 Å². The fourth-order valence-corrected chi connectivity index (χ4v) is 4.23. The van der Waals surface area contributed by atoms with E-state index in [-0.39, 0.29) is 17.8 Å². The van der Waals surface area contributed by atoms with Crippen LogP contribution < -0.4 is 5.32 Å². The van der Waals surface area contributed by atoms with E-state index in [1.165, 1.54) is 29.0 Å². The van der Waals surface area contributed by atoms with Gasteiger partial charge in [0.15, 0.2) is 0 Å². The van der Waals surface area contributed by atoms with Crippen LogP contribution in [0, 0.1) is 5.82 Å². The van der Waals surface area contributed by atoms with Crippen molar-refractivity contribution >= 4 is 29.3 Å². The molecule has 1 aliphatic rings. The number of aryl methyl sites for hydroxylation is 1. The molecule has 0 fully saturated rings. The van der Waals surface area contributed by atoms with Gasteiger partial charge in [-0.05, 0) is 42.5 Å². The quantitative estimate of drug-likeness (QED) is 0.818. The normalized spacial score (nSPS) is 16.5. The summed E-state index contributed by atoms with van der Waals surface area (Å²) in [6, 6.07) is 13.0. The third-order valence-electron chi connectivity index (χ3n) is 4.25. The number of hydrogen-bond acceptors (Lipinski definition) is 2. The van der Waals surface area contributed by atoms with Crippen molar-refractivity contribution < 1.29 is 9.18 Å². The van der Waals surface area contributed by atoms with E-state index in [0.717, 1.165) is 19.3 Å². The highest BCUT2D eigenvalue weighted by atomic mass is 35.5. The summed E-state index contributed by atoms with van der Waals surface area (Å²) in [5, 5.41) is 3.51. The molecule has 1 aliphatic carbocycles. The number of fused-ring (bicyclic) bond motifs is 1. The van der Waals surface area contributed by atoms with Gasteiger partial charge in [0.1, 0.15) is 5.82 Å². The van der Waals surface area contributed by atoms with Crippen LogP contribution in [0.1, 0.15) is 35.6 Å². The zero-order valence-electron chi connectivity index (χ0n) is 13.2. The molecule has 126 valence electrons. The lowest BCUT2D eigenvalue weighted by molar-refractivity contribution is -0.119. The van der Waals surface area contributed by atoms with Crippen LogP contribution in [0.3, 0.4) is 0 Å². The van der Waals surface area contributed by atoms with Crippen LogP contribution in [-0.2, 0) is 17.0 Å². The van der Waals surface area contributed by atoms with Crippen LogP contribution >= 0.6 is 23.4 Å². The Labute approximate surface area is 150 Å². The molecule has 0 spiro atoms. The summed E-state index contributed by atoms with van der Waals surface area (Å²) in [5.41, 5.74) is 3.00. The zero-order chi connectivity index (χ0) is 16.9. The maximum absolute atomic E-state index is 13.7. The summed E-state index contributed by atoms with van der Waals surface area (Å²) in [5.74, 6) is 0.342. The summed E-state index contributed by atoms with van der Waals surface area (Å²) in [7, 11) is 0. The third kappa shape index (κ3) is 4.11. The first-order chi connectivity index (χ1) is 11.6. The summed E-state index contributed by atoms with van der Waals surface area (Å²) in [6.07, 6.45) is 3.12. The highest BCUT2D eigenvalue weighted by Crippen LogP contribution is 2.29. The fraction of sp³-hybridized carbons (Fsp3) is 0.316. The molecule has 0 saturated heterocycles. The van der Waals surface area contributed by atoms with Crippen LogP contribution in [-0.4, -0.2) is 11.7 Å². The van der Waals surface area contributed by atoms with Crippen molar-refractivity contribution in [3.05, 3.63) is 70.0 Å². The number of carbonyl (C=O) groups is 1. The van der Waals surface area contributed by atoms with E-state index in [2.05, 4.69) is 17.4 Å². The van der Waals surface area contributed by atoms with Crippen molar-refractivity contribution in [1.29, 1.82) is 0 Å². The molecule has 0 bridgehead atoms. The fourth-order valence-electron chi connectivity index (χ4n) is 3.06. The van der Waals surface area contributed by atoms with Gasteiger partial charge in [-0.3, -0.25) is 4.79 Å². The molecule has 1 N–H and O–H groups in total. The molecule has 5 heteroatoms. The van der Waals surface area contributed by atoms with Crippen molar-refractivity contribution in [3.8, 4) is 0 Å². The van der Waals surface area contributed by atoms with Crippen molar-refractivity contribution in [2.24, 2.45) is 0 Å². The number of thioether (sulfide) groups is 1. The van der Waals surface area contributed by atoms with E-state index in [4.69, 9.17) is 11.6 Å². The number of hydrogen-bond donors (Lipinski definition) is 1. The topological polar surface area (TPSA) is 29.1 Å². The maximum Gasteiger partial charge on any atom is 0.230 e. The van der Waals surface area contributed by atoms with Crippen LogP contribution in [0.4, 0.5) is 4.39 Å². The van der Waals surface area contributed by atoms with Gasteiger partial charge in [-0.15, -0.1) is 11.8 Å². The van der Waals surface area contributed by atoms with E-state index in [1.54, 1.807) is 12.1 Å². The minimum absolute atomic E-state index is 0.0193. The van der Waals surface area contributed by atoms with E-state index in [0.29, 0.717) is 22.1 Å². The number of carbonyl (C=O) groups excluding carboxylic acids is 1. The Hall–Kier alpha value is -1.52. The molecule has 2 nitrogen and oxygen atoms in total. The smallest absolute Gasteiger partial charge is 0.230 e. The molecule has 3 rings (SSSR count). The monoisotopic (exact) mass is 363 g/mol. The van der Waals surface area contributed by atoms with Gasteiger partial charge in [0, 0.05) is 16.3 Å². The molecule has 1 amide bonds. The second-order valence-electron chi connectivity index (χ2n) is 5.90. The summed E-state index contributed by atoms with van der Waals surface area (Å²) >= 11 is 7.38. The lowest BCUT2D eigenvalue weighted by Gasteiger charge is -2.26. The summed E-state index contributed by atoms with van der Waals surface area (Å²) in [6.45, 7) is 0. The molecule has 24 heavy (non-hydrogen) atoms. The van der Waals surface area contributed by atoms with E-state index in [9.17, 15) is 9.18 Å². The number of nitrogens with one attached hydrogen (secondary N) is 1. The Morgan fingerprint density at radius 1 is 1.25 bits per heavy atom. The van der Waals surface area contributed by atoms with Crippen LogP contribution in [0.2, 0.25) is 5.02 Å². The van der Waals surface area contributed by atoms with Crippen LogP contribution in [0.25, 0.3) is 0 Å². The summed E-state index contributed by atoms with van der Waals surface area (Å²) < 4.78 is 13.7. The SMILES string of the molecule is O=C(CSCc1c(F)cccc1Cl)NC1CCCc2ccccc21. The van der Waals surface area contributed by atoms with E-state index >= 15 is 0 Å². The molecule has 1 unspecified atom stereocenters. The van der Waals surface area contributed by atoms with Crippen molar-refractivity contribution in [2.45, 2.75) is 31.1 Å². The molecule has 2 aromatic rings. The lowest BCUT2D eigenvalue weighted by atomic mass is 9.88. The number of halogens is 2. The molecule has 0 heterocycles. The van der Waals surface area contributed by atoms with Gasteiger partial charge in [-0.1, -0.05) is 41.9 Å². The first-order valence-electron chi connectivity index (χ1n) is 8.03. The molecule has 1 atom stereocenters. The molecular weight excluding hydrogens is 345 g/mol. The van der Waals surface area contributed by atoms with Gasteiger partial charge < -0.3 is 5.32 Å². The van der Waals surface area contributed by atoms with Crippen molar-refractivity contribution in [1.82, 2.24) is 5.32 Å². The lowest BCUT2D eigenvalue weighted by Crippen LogP contribution is -2.32. The van der Waals surface area contributed by atoms with Gasteiger partial charge in [0.25, 0.3) is 0 Å². The zero-order valence-corrected chi connectivity index (χ0v) is 14.8. The minimum Gasteiger partial charge on any atom is -0.349 e. The second-order valence-corrected chi connectivity index (χ2v) is 7.30. The number of rotatable bonds is 5. The van der Waals surface area contributed by atoms with Crippen molar-refractivity contribution in [2.75, 3.05) is 5.75 Å². The maximum atomic E-state index is 13.7. The Kier molecular flexibility index (Phi) is 5.80. The van der Waals surface area contributed by atoms with Gasteiger partial charge in [-0.25, -0.2) is 4.39 Å². The molecular formula is C19H19ClFNOS. The average Bonchev–Trinajstić information content (AvgIpc) is 2.58. The minimum atomic E-state index is -0.323. The highest BCUT2D eigenvalue weighted by Gasteiger charge is 2.21. The highest BCUT2D eigenvalue weighted by molar-refractivity contribution is 7.99. The van der Waals surface area contributed by atoms with Crippen molar-refractivity contribution in [3.63, 3.8) is 0 Å². The first-order valence-corrected chi connectivity index (χ1v) is 9.56. The second kappa shape index (κ2) is 8.04. The number of amides is 1. The van der Waals surface area contributed by atoms with E-state index in [1.807, 2.05) is 12.1 Å². The first kappa shape index (κ1) is 17.3. The molecule has 0 radical (unpaired) electrons. The van der Waals surface area contributed by atoms with Gasteiger partial charge >= 0.3 is 0 Å². The Bertz CT molecular complexity index is 717. The Balaban J connectivity index is 1.54. The number of benzene rings is 2. The van der Waals surface area contributed by atoms with E-state index < -0.39 is 0 Å². The van der Waals surface area contributed by atoms with Gasteiger partial charge in [0.2, 0.25) is 5.91 Å². The van der Waals surface area contributed by atoms with Crippen LogP contribution in [0.5, 0.6) is 0 Å². The van der Waals surface area contributed by atoms with Crippen LogP contribution in [0.15, 0.2) is 42.5 Å².